The van der Waals surface area contributed by atoms with E-state index in [1.54, 1.807) is 18.6 Å². The molecule has 16 heavy (non-hydrogen) atoms. The lowest BCUT2D eigenvalue weighted by molar-refractivity contribution is 0.660. The van der Waals surface area contributed by atoms with Crippen molar-refractivity contribution >= 4 is 0 Å². The molecule has 0 aliphatic heterocycles. The number of hydrogen-bond donors (Lipinski definition) is 1. The minimum atomic E-state index is 0.614. The van der Waals surface area contributed by atoms with Crippen molar-refractivity contribution in [3.63, 3.8) is 0 Å². The summed E-state index contributed by atoms with van der Waals surface area (Å²) >= 11 is 0. The summed E-state index contributed by atoms with van der Waals surface area (Å²) in [5.74, 6) is 0. The molecule has 0 atom stereocenters. The van der Waals surface area contributed by atoms with E-state index in [-0.39, 0.29) is 0 Å². The van der Waals surface area contributed by atoms with E-state index in [9.17, 15) is 0 Å². The van der Waals surface area contributed by atoms with E-state index >= 15 is 0 Å². The third kappa shape index (κ3) is 2.09. The van der Waals surface area contributed by atoms with Gasteiger partial charge in [-0.3, -0.25) is 14.6 Å². The monoisotopic (exact) mass is 217 g/mol. The molecule has 0 aliphatic rings. The van der Waals surface area contributed by atoms with Crippen LogP contribution >= 0.6 is 0 Å². The average Bonchev–Trinajstić information content (AvgIpc) is 2.74. The van der Waals surface area contributed by atoms with Crippen LogP contribution in [-0.2, 0) is 13.0 Å². The second-order valence-electron chi connectivity index (χ2n) is 3.49. The van der Waals surface area contributed by atoms with E-state index in [0.717, 1.165) is 29.9 Å². The van der Waals surface area contributed by atoms with Gasteiger partial charge >= 0.3 is 0 Å². The summed E-state index contributed by atoms with van der Waals surface area (Å²) in [7, 11) is 0. The normalized spacial score (nSPS) is 10.6. The Morgan fingerprint density at radius 3 is 2.88 bits per heavy atom. The van der Waals surface area contributed by atoms with E-state index < -0.39 is 0 Å². The summed E-state index contributed by atoms with van der Waals surface area (Å²) < 4.78 is 1.90. The van der Waals surface area contributed by atoms with Crippen LogP contribution in [0.5, 0.6) is 0 Å². The lowest BCUT2D eigenvalue weighted by Gasteiger charge is -1.98. The zero-order valence-electron chi connectivity index (χ0n) is 9.30. The minimum Gasteiger partial charge on any atom is -0.330 e. The van der Waals surface area contributed by atoms with Gasteiger partial charge in [-0.05, 0) is 19.9 Å². The first-order chi connectivity index (χ1) is 7.85. The fourth-order valence-electron chi connectivity index (χ4n) is 1.60. The van der Waals surface area contributed by atoms with Crippen molar-refractivity contribution in [2.24, 2.45) is 5.73 Å². The minimum absolute atomic E-state index is 0.614. The van der Waals surface area contributed by atoms with E-state index in [2.05, 4.69) is 22.0 Å². The number of aryl methyl sites for hydroxylation is 1. The van der Waals surface area contributed by atoms with Crippen molar-refractivity contribution < 1.29 is 0 Å². The Kier molecular flexibility index (Phi) is 3.26. The molecule has 2 heterocycles. The molecule has 0 unspecified atom stereocenters. The van der Waals surface area contributed by atoms with Crippen molar-refractivity contribution in [1.29, 1.82) is 0 Å². The summed E-state index contributed by atoms with van der Waals surface area (Å²) in [6.07, 6.45) is 7.89. The molecular weight excluding hydrogens is 202 g/mol. The summed E-state index contributed by atoms with van der Waals surface area (Å²) in [4.78, 5) is 8.31. The molecule has 84 valence electrons. The Labute approximate surface area is 94.3 Å². The van der Waals surface area contributed by atoms with E-state index in [1.165, 1.54) is 0 Å². The maximum absolute atomic E-state index is 5.59. The van der Waals surface area contributed by atoms with Crippen molar-refractivity contribution in [3.8, 4) is 11.4 Å². The van der Waals surface area contributed by atoms with Crippen molar-refractivity contribution in [2.45, 2.75) is 19.9 Å². The van der Waals surface area contributed by atoms with Crippen molar-refractivity contribution in [2.75, 3.05) is 6.54 Å². The third-order valence-corrected chi connectivity index (χ3v) is 2.38. The number of nitrogens with zero attached hydrogens (tertiary/aromatic N) is 4. The Morgan fingerprint density at radius 1 is 1.38 bits per heavy atom. The maximum atomic E-state index is 5.59. The predicted molar refractivity (Wildman–Crippen MR) is 61.7 cm³/mol. The van der Waals surface area contributed by atoms with Gasteiger partial charge in [-0.1, -0.05) is 0 Å². The summed E-state index contributed by atoms with van der Waals surface area (Å²) in [5.41, 5.74) is 8.41. The Morgan fingerprint density at radius 2 is 2.25 bits per heavy atom. The van der Waals surface area contributed by atoms with E-state index in [0.29, 0.717) is 6.54 Å². The number of rotatable bonds is 4. The van der Waals surface area contributed by atoms with Crippen LogP contribution in [0, 0.1) is 0 Å². The second kappa shape index (κ2) is 4.85. The molecule has 0 radical (unpaired) electrons. The summed E-state index contributed by atoms with van der Waals surface area (Å²) in [5, 5.41) is 4.48. The smallest absolute Gasteiger partial charge is 0.115 e. The fourth-order valence-corrected chi connectivity index (χ4v) is 1.60. The molecule has 0 spiro atoms. The molecule has 0 bridgehead atoms. The van der Waals surface area contributed by atoms with Crippen LogP contribution in [0.25, 0.3) is 11.4 Å². The van der Waals surface area contributed by atoms with Crippen LogP contribution in [0.2, 0.25) is 0 Å². The van der Waals surface area contributed by atoms with Gasteiger partial charge in [0.1, 0.15) is 11.4 Å². The quantitative estimate of drug-likeness (QED) is 0.824. The van der Waals surface area contributed by atoms with Gasteiger partial charge in [-0.15, -0.1) is 0 Å². The van der Waals surface area contributed by atoms with Crippen LogP contribution < -0.4 is 5.73 Å². The fraction of sp³-hybridized carbons (Fsp3) is 0.364. The van der Waals surface area contributed by atoms with Gasteiger partial charge in [0.2, 0.25) is 0 Å². The van der Waals surface area contributed by atoms with Gasteiger partial charge in [0.15, 0.2) is 0 Å². The highest BCUT2D eigenvalue weighted by Gasteiger charge is 2.10. The number of nitrogens with two attached hydrogens (primary N) is 1. The molecule has 2 rings (SSSR count). The molecule has 0 saturated heterocycles. The molecule has 2 N–H and O–H groups in total. The first kappa shape index (κ1) is 10.8. The lowest BCUT2D eigenvalue weighted by atomic mass is 10.1. The van der Waals surface area contributed by atoms with Crippen LogP contribution in [0.1, 0.15) is 12.5 Å². The van der Waals surface area contributed by atoms with Crippen LogP contribution in [0.15, 0.2) is 24.8 Å². The standard InChI is InChI=1S/C11H15N5/c1-2-16-8-9(3-4-12)11(15-16)10-7-13-5-6-14-10/h5-8H,2-4,12H2,1H3. The van der Waals surface area contributed by atoms with E-state index in [1.807, 2.05) is 10.9 Å². The third-order valence-electron chi connectivity index (χ3n) is 2.38. The largest absolute Gasteiger partial charge is 0.330 e. The first-order valence-corrected chi connectivity index (χ1v) is 5.38. The zero-order valence-corrected chi connectivity index (χ0v) is 9.30. The molecule has 0 aliphatic carbocycles. The molecular formula is C11H15N5. The van der Waals surface area contributed by atoms with E-state index in [4.69, 9.17) is 5.73 Å². The van der Waals surface area contributed by atoms with Crippen molar-refractivity contribution in [1.82, 2.24) is 19.7 Å². The molecule has 0 amide bonds. The Hall–Kier alpha value is -1.75. The number of aromatic nitrogens is 4. The molecule has 5 nitrogen and oxygen atoms in total. The van der Waals surface area contributed by atoms with Gasteiger partial charge in [-0.2, -0.15) is 5.10 Å². The predicted octanol–water partition coefficient (Wildman–Crippen LogP) is 0.861. The highest BCUT2D eigenvalue weighted by atomic mass is 15.3. The van der Waals surface area contributed by atoms with Crippen molar-refractivity contribution in [3.05, 3.63) is 30.4 Å². The zero-order chi connectivity index (χ0) is 11.4. The van der Waals surface area contributed by atoms with Gasteiger partial charge in [-0.25, -0.2) is 0 Å². The topological polar surface area (TPSA) is 69.6 Å². The second-order valence-corrected chi connectivity index (χ2v) is 3.49. The first-order valence-electron chi connectivity index (χ1n) is 5.38. The molecule has 0 aromatic carbocycles. The van der Waals surface area contributed by atoms with Gasteiger partial charge in [0, 0.05) is 30.7 Å². The molecule has 2 aromatic heterocycles. The highest BCUT2D eigenvalue weighted by Crippen LogP contribution is 2.19. The van der Waals surface area contributed by atoms with Gasteiger partial charge in [0.05, 0.1) is 6.20 Å². The molecule has 0 saturated carbocycles. The lowest BCUT2D eigenvalue weighted by Crippen LogP contribution is -2.03. The van der Waals surface area contributed by atoms with Crippen LogP contribution in [0.3, 0.4) is 0 Å². The SMILES string of the molecule is CCn1cc(CCN)c(-c2cnccn2)n1. The summed E-state index contributed by atoms with van der Waals surface area (Å²) in [6, 6.07) is 0. The Bertz CT molecular complexity index is 449. The highest BCUT2D eigenvalue weighted by molar-refractivity contribution is 5.57. The molecule has 5 heteroatoms. The molecule has 2 aromatic rings. The Balaban J connectivity index is 2.42. The van der Waals surface area contributed by atoms with Gasteiger partial charge < -0.3 is 5.73 Å². The maximum Gasteiger partial charge on any atom is 0.115 e. The molecule has 0 fully saturated rings. The summed E-state index contributed by atoms with van der Waals surface area (Å²) in [6.45, 7) is 3.51. The van der Waals surface area contributed by atoms with Crippen LogP contribution in [-0.4, -0.2) is 26.3 Å². The average molecular weight is 217 g/mol. The van der Waals surface area contributed by atoms with Gasteiger partial charge in [0.25, 0.3) is 0 Å². The van der Waals surface area contributed by atoms with Crippen LogP contribution in [0.4, 0.5) is 0 Å². The number of hydrogen-bond acceptors (Lipinski definition) is 4.